The highest BCUT2D eigenvalue weighted by Crippen LogP contribution is 2.30. The zero-order valence-electron chi connectivity index (χ0n) is 13.8. The van der Waals surface area contributed by atoms with Crippen molar-refractivity contribution in [2.45, 2.75) is 25.4 Å². The normalized spacial score (nSPS) is 12.4. The average Bonchev–Trinajstić information content (AvgIpc) is 2.50. The number of hydrogen-bond donors (Lipinski definition) is 2. The third kappa shape index (κ3) is 8.52. The largest absolute Gasteiger partial charge is 0.416 e. The Balaban J connectivity index is 0.00000529. The first-order valence-electron chi connectivity index (χ1n) is 7.48. The molecule has 1 amide bonds. The van der Waals surface area contributed by atoms with Crippen LogP contribution in [0.25, 0.3) is 0 Å². The van der Waals surface area contributed by atoms with Crippen LogP contribution in [0.3, 0.4) is 0 Å². The molecule has 0 heterocycles. The maximum atomic E-state index is 12.5. The van der Waals surface area contributed by atoms with E-state index < -0.39 is 11.7 Å². The number of amides is 1. The second kappa shape index (κ2) is 11.3. The lowest BCUT2D eigenvalue weighted by molar-refractivity contribution is -0.137. The minimum Gasteiger partial charge on any atom is -0.383 e. The molecule has 2 N–H and O–H groups in total. The molecule has 1 aromatic carbocycles. The number of rotatable bonds is 9. The smallest absolute Gasteiger partial charge is 0.383 e. The van der Waals surface area contributed by atoms with E-state index in [0.29, 0.717) is 31.8 Å². The molecule has 0 bridgehead atoms. The van der Waals surface area contributed by atoms with Crippen molar-refractivity contribution in [3.8, 4) is 0 Å². The Morgan fingerprint density at radius 2 is 1.79 bits per heavy atom. The number of nitrogens with one attached hydrogen (secondary N) is 2. The van der Waals surface area contributed by atoms with Crippen molar-refractivity contribution in [1.29, 1.82) is 0 Å². The Kier molecular flexibility index (Phi) is 10.7. The molecule has 0 saturated heterocycles. The standard InChI is InChI=1S/C16H23F3N2O2.ClH/c1-12(11-15(22)21-8-7-20-9-10-23-2)13-3-5-14(6-4-13)16(17,18)19;/h3-6,12,20H,7-11H2,1-2H3,(H,21,22);1H. The van der Waals surface area contributed by atoms with Gasteiger partial charge in [0.1, 0.15) is 0 Å². The van der Waals surface area contributed by atoms with Crippen molar-refractivity contribution in [2.24, 2.45) is 0 Å². The van der Waals surface area contributed by atoms with Crippen LogP contribution in [0, 0.1) is 0 Å². The van der Waals surface area contributed by atoms with Crippen LogP contribution in [-0.4, -0.2) is 39.3 Å². The highest BCUT2D eigenvalue weighted by molar-refractivity contribution is 5.85. The van der Waals surface area contributed by atoms with Gasteiger partial charge in [-0.15, -0.1) is 12.4 Å². The van der Waals surface area contributed by atoms with Crippen molar-refractivity contribution in [2.75, 3.05) is 33.4 Å². The van der Waals surface area contributed by atoms with Gasteiger partial charge in [0.25, 0.3) is 0 Å². The number of carbonyl (C=O) groups is 1. The molecule has 138 valence electrons. The minimum atomic E-state index is -4.34. The molecule has 0 aliphatic rings. The summed E-state index contributed by atoms with van der Waals surface area (Å²) in [5.74, 6) is -0.260. The molecule has 1 aromatic rings. The Labute approximate surface area is 146 Å². The molecule has 1 unspecified atom stereocenters. The van der Waals surface area contributed by atoms with Gasteiger partial charge in [-0.2, -0.15) is 13.2 Å². The highest BCUT2D eigenvalue weighted by Gasteiger charge is 2.30. The first-order chi connectivity index (χ1) is 10.8. The average molecular weight is 369 g/mol. The molecule has 0 spiro atoms. The van der Waals surface area contributed by atoms with Crippen molar-refractivity contribution in [3.63, 3.8) is 0 Å². The van der Waals surface area contributed by atoms with E-state index in [-0.39, 0.29) is 30.7 Å². The molecule has 0 aromatic heterocycles. The van der Waals surface area contributed by atoms with Crippen LogP contribution in [-0.2, 0) is 15.7 Å². The summed E-state index contributed by atoms with van der Waals surface area (Å²) in [6.45, 7) is 4.29. The molecule has 8 heteroatoms. The van der Waals surface area contributed by atoms with Crippen molar-refractivity contribution < 1.29 is 22.7 Å². The van der Waals surface area contributed by atoms with Gasteiger partial charge >= 0.3 is 6.18 Å². The number of benzene rings is 1. The summed E-state index contributed by atoms with van der Waals surface area (Å²) in [5, 5.41) is 5.87. The van der Waals surface area contributed by atoms with E-state index in [1.165, 1.54) is 12.1 Å². The van der Waals surface area contributed by atoms with Crippen LogP contribution in [0.5, 0.6) is 0 Å². The van der Waals surface area contributed by atoms with Gasteiger partial charge in [0.05, 0.1) is 12.2 Å². The van der Waals surface area contributed by atoms with Crippen molar-refractivity contribution in [1.82, 2.24) is 10.6 Å². The first-order valence-corrected chi connectivity index (χ1v) is 7.48. The van der Waals surface area contributed by atoms with E-state index in [9.17, 15) is 18.0 Å². The van der Waals surface area contributed by atoms with Gasteiger partial charge in [-0.1, -0.05) is 19.1 Å². The molecule has 0 aliphatic carbocycles. The fraction of sp³-hybridized carbons (Fsp3) is 0.562. The summed E-state index contributed by atoms with van der Waals surface area (Å²) in [4.78, 5) is 11.8. The molecule has 0 saturated carbocycles. The highest BCUT2D eigenvalue weighted by atomic mass is 35.5. The lowest BCUT2D eigenvalue weighted by Gasteiger charge is -2.14. The molecule has 0 fully saturated rings. The van der Waals surface area contributed by atoms with Crippen molar-refractivity contribution in [3.05, 3.63) is 35.4 Å². The summed E-state index contributed by atoms with van der Waals surface area (Å²) in [6.07, 6.45) is -4.10. The lowest BCUT2D eigenvalue weighted by atomic mass is 9.96. The Morgan fingerprint density at radius 3 is 2.33 bits per heavy atom. The van der Waals surface area contributed by atoms with Gasteiger partial charge in [0.15, 0.2) is 0 Å². The predicted molar refractivity (Wildman–Crippen MR) is 89.5 cm³/mol. The quantitative estimate of drug-likeness (QED) is 0.659. The first kappa shape index (κ1) is 22.7. The second-order valence-corrected chi connectivity index (χ2v) is 5.32. The van der Waals surface area contributed by atoms with Gasteiger partial charge in [0, 0.05) is 33.2 Å². The minimum absolute atomic E-state index is 0. The molecule has 4 nitrogen and oxygen atoms in total. The van der Waals surface area contributed by atoms with Crippen LogP contribution >= 0.6 is 12.4 Å². The molecule has 24 heavy (non-hydrogen) atoms. The SMILES string of the molecule is COCCNCCNC(=O)CC(C)c1ccc(C(F)(F)F)cc1.Cl. The van der Waals surface area contributed by atoms with E-state index in [2.05, 4.69) is 10.6 Å². The summed E-state index contributed by atoms with van der Waals surface area (Å²) >= 11 is 0. The maximum Gasteiger partial charge on any atom is 0.416 e. The number of halogens is 4. The van der Waals surface area contributed by atoms with Gasteiger partial charge < -0.3 is 15.4 Å². The third-order valence-electron chi connectivity index (χ3n) is 3.41. The third-order valence-corrected chi connectivity index (χ3v) is 3.41. The Hall–Kier alpha value is -1.31. The number of carbonyl (C=O) groups excluding carboxylic acids is 1. The monoisotopic (exact) mass is 368 g/mol. The summed E-state index contributed by atoms with van der Waals surface area (Å²) < 4.78 is 42.4. The van der Waals surface area contributed by atoms with Gasteiger partial charge in [-0.3, -0.25) is 4.79 Å². The van der Waals surface area contributed by atoms with Crippen LogP contribution in [0.15, 0.2) is 24.3 Å². The van der Waals surface area contributed by atoms with Crippen LogP contribution in [0.2, 0.25) is 0 Å². The molecule has 0 aliphatic heterocycles. The lowest BCUT2D eigenvalue weighted by Crippen LogP contribution is -2.33. The Bertz CT molecular complexity index is 481. The molecular formula is C16H24ClF3N2O2. The van der Waals surface area contributed by atoms with E-state index in [4.69, 9.17) is 4.74 Å². The molecule has 1 rings (SSSR count). The molecule has 0 radical (unpaired) electrons. The van der Waals surface area contributed by atoms with Gasteiger partial charge in [-0.05, 0) is 23.6 Å². The Morgan fingerprint density at radius 1 is 1.17 bits per heavy atom. The van der Waals surface area contributed by atoms with Gasteiger partial charge in [-0.25, -0.2) is 0 Å². The fourth-order valence-electron chi connectivity index (χ4n) is 2.06. The van der Waals surface area contributed by atoms with Crippen LogP contribution < -0.4 is 10.6 Å². The topological polar surface area (TPSA) is 50.4 Å². The zero-order chi connectivity index (χ0) is 17.3. The molecule has 1 atom stereocenters. The van der Waals surface area contributed by atoms with E-state index in [1.54, 1.807) is 7.11 Å². The van der Waals surface area contributed by atoms with Crippen molar-refractivity contribution >= 4 is 18.3 Å². The summed E-state index contributed by atoms with van der Waals surface area (Å²) in [6, 6.07) is 4.94. The van der Waals surface area contributed by atoms with Crippen LogP contribution in [0.1, 0.15) is 30.4 Å². The number of hydrogen-bond acceptors (Lipinski definition) is 3. The number of alkyl halides is 3. The predicted octanol–water partition coefficient (Wildman–Crippen LogP) is 2.97. The summed E-state index contributed by atoms with van der Waals surface area (Å²) in [5.41, 5.74) is 0.0337. The molecular weight excluding hydrogens is 345 g/mol. The maximum absolute atomic E-state index is 12.5. The summed E-state index contributed by atoms with van der Waals surface area (Å²) in [7, 11) is 1.62. The van der Waals surface area contributed by atoms with Crippen LogP contribution in [0.4, 0.5) is 13.2 Å². The van der Waals surface area contributed by atoms with E-state index in [0.717, 1.165) is 12.1 Å². The van der Waals surface area contributed by atoms with E-state index >= 15 is 0 Å². The van der Waals surface area contributed by atoms with E-state index in [1.807, 2.05) is 6.92 Å². The van der Waals surface area contributed by atoms with Gasteiger partial charge in [0.2, 0.25) is 5.91 Å². The zero-order valence-corrected chi connectivity index (χ0v) is 14.6. The number of methoxy groups -OCH3 is 1. The number of ether oxygens (including phenoxy) is 1. The fourth-order valence-corrected chi connectivity index (χ4v) is 2.06. The second-order valence-electron chi connectivity index (χ2n) is 5.32.